The molecule has 0 saturated carbocycles. The van der Waals surface area contributed by atoms with Crippen molar-refractivity contribution in [3.8, 4) is 5.75 Å². The second-order valence-corrected chi connectivity index (χ2v) is 8.27. The van der Waals surface area contributed by atoms with Gasteiger partial charge in [-0.2, -0.15) is 0 Å². The molecule has 8 nitrogen and oxygen atoms in total. The fourth-order valence-electron chi connectivity index (χ4n) is 3.21. The van der Waals surface area contributed by atoms with E-state index in [-0.39, 0.29) is 18.2 Å². The van der Waals surface area contributed by atoms with Crippen LogP contribution in [0.25, 0.3) is 0 Å². The summed E-state index contributed by atoms with van der Waals surface area (Å²) in [7, 11) is 1.54. The van der Waals surface area contributed by atoms with E-state index in [1.54, 1.807) is 44.4 Å². The number of benzene rings is 1. The van der Waals surface area contributed by atoms with Gasteiger partial charge in [-0.1, -0.05) is 12.1 Å². The fourth-order valence-corrected chi connectivity index (χ4v) is 4.14. The van der Waals surface area contributed by atoms with Gasteiger partial charge in [0.15, 0.2) is 5.78 Å². The summed E-state index contributed by atoms with van der Waals surface area (Å²) >= 11 is 1.29. The highest BCUT2D eigenvalue weighted by molar-refractivity contribution is 7.14. The minimum absolute atomic E-state index is 0.110. The molecule has 1 aliphatic rings. The molecule has 2 heterocycles. The molecule has 1 aromatic heterocycles. The number of carbonyl (C=O) groups excluding carboxylic acids is 4. The molecule has 158 valence electrons. The van der Waals surface area contributed by atoms with Gasteiger partial charge >= 0.3 is 6.03 Å². The van der Waals surface area contributed by atoms with E-state index in [2.05, 4.69) is 10.6 Å². The summed E-state index contributed by atoms with van der Waals surface area (Å²) < 4.78 is 5.13. The predicted molar refractivity (Wildman–Crippen MR) is 112 cm³/mol. The van der Waals surface area contributed by atoms with E-state index in [0.29, 0.717) is 29.2 Å². The Kier molecular flexibility index (Phi) is 6.21. The number of methoxy groups -OCH3 is 1. The first-order valence-electron chi connectivity index (χ1n) is 9.39. The number of hydrogen-bond acceptors (Lipinski definition) is 6. The second-order valence-electron chi connectivity index (χ2n) is 7.10. The standard InChI is InChI=1S/C21H23N3O5S/c1-13(25)22-11-10-16-8-9-18(30-16)17(26)12-24-19(27)21(2,23-20(24)28)14-4-6-15(29-3)7-5-14/h4-9H,10-12H2,1-3H3,(H,22,25)(H,23,28). The largest absolute Gasteiger partial charge is 0.497 e. The van der Waals surface area contributed by atoms with Crippen LogP contribution in [0.5, 0.6) is 5.75 Å². The van der Waals surface area contributed by atoms with Gasteiger partial charge in [-0.05, 0) is 43.2 Å². The van der Waals surface area contributed by atoms with E-state index in [1.165, 1.54) is 18.3 Å². The van der Waals surface area contributed by atoms with E-state index >= 15 is 0 Å². The molecule has 1 fully saturated rings. The molecule has 1 aliphatic heterocycles. The first-order chi connectivity index (χ1) is 14.2. The molecule has 2 aromatic rings. The number of hydrogen-bond donors (Lipinski definition) is 2. The maximum Gasteiger partial charge on any atom is 0.325 e. The minimum Gasteiger partial charge on any atom is -0.497 e. The number of Topliss-reactive ketones (excluding diaryl/α,β-unsaturated/α-hetero) is 1. The second kappa shape index (κ2) is 8.66. The van der Waals surface area contributed by atoms with Crippen molar-refractivity contribution in [2.45, 2.75) is 25.8 Å². The zero-order chi connectivity index (χ0) is 21.9. The molecule has 1 saturated heterocycles. The minimum atomic E-state index is -1.25. The van der Waals surface area contributed by atoms with Crippen molar-refractivity contribution < 1.29 is 23.9 Å². The number of urea groups is 1. The molecule has 9 heteroatoms. The van der Waals surface area contributed by atoms with Crippen LogP contribution in [-0.4, -0.2) is 48.7 Å². The van der Waals surface area contributed by atoms with E-state index in [9.17, 15) is 19.2 Å². The maximum atomic E-state index is 13.0. The van der Waals surface area contributed by atoms with Gasteiger partial charge in [0.1, 0.15) is 11.3 Å². The Morgan fingerprint density at radius 1 is 1.17 bits per heavy atom. The number of imide groups is 1. The van der Waals surface area contributed by atoms with E-state index in [1.807, 2.05) is 6.07 Å². The molecule has 3 rings (SSSR count). The third-order valence-corrected chi connectivity index (χ3v) is 6.11. The first-order valence-corrected chi connectivity index (χ1v) is 10.2. The zero-order valence-electron chi connectivity index (χ0n) is 17.0. The van der Waals surface area contributed by atoms with Crippen LogP contribution in [0.2, 0.25) is 0 Å². The molecule has 1 atom stereocenters. The molecule has 0 aliphatic carbocycles. The van der Waals surface area contributed by atoms with Gasteiger partial charge in [-0.15, -0.1) is 11.3 Å². The summed E-state index contributed by atoms with van der Waals surface area (Å²) in [6, 6.07) is 9.73. The lowest BCUT2D eigenvalue weighted by Gasteiger charge is -2.22. The van der Waals surface area contributed by atoms with Gasteiger partial charge in [-0.25, -0.2) is 4.79 Å². The molecule has 0 radical (unpaired) electrons. The Hall–Kier alpha value is -3.20. The van der Waals surface area contributed by atoms with Crippen molar-refractivity contribution >= 4 is 35.0 Å². The number of ether oxygens (including phenoxy) is 1. The highest BCUT2D eigenvalue weighted by Crippen LogP contribution is 2.30. The number of carbonyl (C=O) groups is 4. The summed E-state index contributed by atoms with van der Waals surface area (Å²) in [6.45, 7) is 3.21. The van der Waals surface area contributed by atoms with Gasteiger partial charge in [0.05, 0.1) is 18.5 Å². The average Bonchev–Trinajstić information content (AvgIpc) is 3.27. The number of amides is 4. The van der Waals surface area contributed by atoms with Gasteiger partial charge in [0.2, 0.25) is 5.91 Å². The van der Waals surface area contributed by atoms with Crippen LogP contribution in [-0.2, 0) is 21.5 Å². The monoisotopic (exact) mass is 429 g/mol. The Morgan fingerprint density at radius 3 is 2.50 bits per heavy atom. The van der Waals surface area contributed by atoms with Crippen molar-refractivity contribution in [1.82, 2.24) is 15.5 Å². The van der Waals surface area contributed by atoms with Crippen molar-refractivity contribution in [2.75, 3.05) is 20.2 Å². The van der Waals surface area contributed by atoms with Crippen LogP contribution in [0, 0.1) is 0 Å². The third-order valence-electron chi connectivity index (χ3n) is 4.93. The first kappa shape index (κ1) is 21.5. The fraction of sp³-hybridized carbons (Fsp3) is 0.333. The van der Waals surface area contributed by atoms with Crippen molar-refractivity contribution in [2.24, 2.45) is 0 Å². The van der Waals surface area contributed by atoms with Crippen LogP contribution >= 0.6 is 11.3 Å². The number of nitrogens with one attached hydrogen (secondary N) is 2. The third kappa shape index (κ3) is 4.35. The lowest BCUT2D eigenvalue weighted by atomic mass is 9.92. The average molecular weight is 429 g/mol. The molecule has 0 spiro atoms. The summed E-state index contributed by atoms with van der Waals surface area (Å²) in [6.07, 6.45) is 0.607. The Bertz CT molecular complexity index is 985. The van der Waals surface area contributed by atoms with E-state index in [4.69, 9.17) is 4.74 Å². The topological polar surface area (TPSA) is 105 Å². The quantitative estimate of drug-likeness (QED) is 0.494. The number of rotatable bonds is 8. The van der Waals surface area contributed by atoms with Crippen LogP contribution in [0.15, 0.2) is 36.4 Å². The van der Waals surface area contributed by atoms with Gasteiger partial charge < -0.3 is 15.4 Å². The predicted octanol–water partition coefficient (Wildman–Crippen LogP) is 2.09. The molecular formula is C21H23N3O5S. The van der Waals surface area contributed by atoms with E-state index in [0.717, 1.165) is 9.78 Å². The molecule has 0 bridgehead atoms. The van der Waals surface area contributed by atoms with Crippen LogP contribution in [0.1, 0.15) is 34.0 Å². The zero-order valence-corrected chi connectivity index (χ0v) is 17.8. The molecule has 30 heavy (non-hydrogen) atoms. The summed E-state index contributed by atoms with van der Waals surface area (Å²) in [5, 5.41) is 5.40. The molecule has 1 unspecified atom stereocenters. The number of nitrogens with zero attached hydrogens (tertiary/aromatic N) is 1. The Morgan fingerprint density at radius 2 is 1.87 bits per heavy atom. The lowest BCUT2D eigenvalue weighted by molar-refractivity contribution is -0.130. The summed E-state index contributed by atoms with van der Waals surface area (Å²) in [5.41, 5.74) is -0.643. The van der Waals surface area contributed by atoms with Crippen molar-refractivity contribution in [1.29, 1.82) is 0 Å². The number of ketones is 1. The van der Waals surface area contributed by atoms with Gasteiger partial charge in [0, 0.05) is 18.3 Å². The van der Waals surface area contributed by atoms with Crippen LogP contribution in [0.4, 0.5) is 4.79 Å². The smallest absolute Gasteiger partial charge is 0.325 e. The lowest BCUT2D eigenvalue weighted by Crippen LogP contribution is -2.41. The highest BCUT2D eigenvalue weighted by Gasteiger charge is 2.49. The molecule has 2 N–H and O–H groups in total. The van der Waals surface area contributed by atoms with Crippen LogP contribution < -0.4 is 15.4 Å². The summed E-state index contributed by atoms with van der Waals surface area (Å²) in [4.78, 5) is 51.4. The number of thiophene rings is 1. The van der Waals surface area contributed by atoms with Crippen LogP contribution in [0.3, 0.4) is 0 Å². The summed E-state index contributed by atoms with van der Waals surface area (Å²) in [5.74, 6) is -0.263. The molecular weight excluding hydrogens is 406 g/mol. The van der Waals surface area contributed by atoms with E-state index < -0.39 is 17.5 Å². The normalized spacial score (nSPS) is 18.3. The van der Waals surface area contributed by atoms with Crippen molar-refractivity contribution in [3.05, 3.63) is 51.7 Å². The highest BCUT2D eigenvalue weighted by atomic mass is 32.1. The Labute approximate surface area is 178 Å². The maximum absolute atomic E-state index is 13.0. The molecule has 4 amide bonds. The SMILES string of the molecule is COc1ccc(C2(C)NC(=O)N(CC(=O)c3ccc(CCNC(C)=O)s3)C2=O)cc1. The van der Waals surface area contributed by atoms with Crippen molar-refractivity contribution in [3.63, 3.8) is 0 Å². The Balaban J connectivity index is 1.68. The van der Waals surface area contributed by atoms with Gasteiger partial charge in [0.25, 0.3) is 5.91 Å². The molecule has 1 aromatic carbocycles. The van der Waals surface area contributed by atoms with Gasteiger partial charge in [-0.3, -0.25) is 19.3 Å².